The molecule has 264 valence electrons. The van der Waals surface area contributed by atoms with Gasteiger partial charge in [0.05, 0.1) is 11.2 Å². The van der Waals surface area contributed by atoms with Gasteiger partial charge in [-0.3, -0.25) is 0 Å². The van der Waals surface area contributed by atoms with Crippen molar-refractivity contribution in [2.45, 2.75) is 63.9 Å². The van der Waals surface area contributed by atoms with Gasteiger partial charge in [-0.1, -0.05) is 111 Å². The normalized spacial score (nSPS) is 13.9. The highest BCUT2D eigenvalue weighted by molar-refractivity contribution is 5.83. The maximum Gasteiger partial charge on any atom is 0.120 e. The van der Waals surface area contributed by atoms with E-state index in [0.717, 1.165) is 59.4 Å². The minimum atomic E-state index is -0.484. The molecule has 0 amide bonds. The third-order valence-corrected chi connectivity index (χ3v) is 10.4. The first-order valence-electron chi connectivity index (χ1n) is 18.1. The largest absolute Gasteiger partial charge is 0.489 e. The van der Waals surface area contributed by atoms with Crippen LogP contribution in [-0.2, 0) is 38.6 Å². The van der Waals surface area contributed by atoms with E-state index in [0.29, 0.717) is 26.4 Å². The molecular formula is C46H50O5. The number of rotatable bonds is 18. The Morgan fingerprint density at radius 1 is 0.451 bits per heavy atom. The van der Waals surface area contributed by atoms with Crippen molar-refractivity contribution >= 4 is 21.5 Å². The summed E-state index contributed by atoms with van der Waals surface area (Å²) in [6.45, 7) is 6.44. The minimum absolute atomic E-state index is 0.484. The molecule has 0 heterocycles. The second-order valence-electron chi connectivity index (χ2n) is 13.2. The van der Waals surface area contributed by atoms with Crippen molar-refractivity contribution in [2.75, 3.05) is 27.4 Å². The van der Waals surface area contributed by atoms with Crippen LogP contribution in [0.5, 0.6) is 11.5 Å². The van der Waals surface area contributed by atoms with E-state index in [2.05, 4.69) is 123 Å². The molecule has 0 saturated carbocycles. The Bertz CT molecular complexity index is 1860. The third-order valence-electron chi connectivity index (χ3n) is 10.4. The lowest BCUT2D eigenvalue weighted by Crippen LogP contribution is -2.31. The second-order valence-corrected chi connectivity index (χ2v) is 13.2. The smallest absolute Gasteiger partial charge is 0.120 e. The van der Waals surface area contributed by atoms with Crippen LogP contribution >= 0.6 is 0 Å². The fraction of sp³-hybridized carbons (Fsp3) is 0.304. The molecule has 0 aliphatic heterocycles. The fourth-order valence-electron chi connectivity index (χ4n) is 7.08. The van der Waals surface area contributed by atoms with E-state index in [-0.39, 0.29) is 0 Å². The van der Waals surface area contributed by atoms with Gasteiger partial charge in [-0.2, -0.15) is 0 Å². The van der Waals surface area contributed by atoms with Gasteiger partial charge in [-0.25, -0.2) is 0 Å². The van der Waals surface area contributed by atoms with E-state index in [1.807, 2.05) is 24.3 Å². The maximum absolute atomic E-state index is 6.31. The number of methoxy groups -OCH3 is 2. The van der Waals surface area contributed by atoms with Crippen LogP contribution in [0.2, 0.25) is 0 Å². The van der Waals surface area contributed by atoms with Crippen molar-refractivity contribution in [1.29, 1.82) is 0 Å². The minimum Gasteiger partial charge on any atom is -0.489 e. The van der Waals surface area contributed by atoms with Crippen LogP contribution in [-0.4, -0.2) is 27.4 Å². The van der Waals surface area contributed by atoms with Crippen LogP contribution < -0.4 is 9.47 Å². The Morgan fingerprint density at radius 3 is 1.29 bits per heavy atom. The summed E-state index contributed by atoms with van der Waals surface area (Å²) >= 11 is 0. The molecule has 6 rings (SSSR count). The Hall–Kier alpha value is -4.68. The molecule has 6 aromatic rings. The van der Waals surface area contributed by atoms with Crippen LogP contribution in [0, 0.1) is 0 Å². The van der Waals surface area contributed by atoms with Crippen molar-refractivity contribution in [2.24, 2.45) is 0 Å². The molecule has 0 spiro atoms. The molecule has 0 fully saturated rings. The zero-order valence-electron chi connectivity index (χ0n) is 30.4. The third kappa shape index (κ3) is 8.62. The lowest BCUT2D eigenvalue weighted by atomic mass is 9.87. The molecule has 0 bridgehead atoms. The summed E-state index contributed by atoms with van der Waals surface area (Å²) in [5.41, 5.74) is 3.49. The topological polar surface area (TPSA) is 46.2 Å². The molecule has 2 unspecified atom stereocenters. The monoisotopic (exact) mass is 682 g/mol. The lowest BCUT2D eigenvalue weighted by molar-refractivity contribution is -0.0643. The molecule has 0 aliphatic carbocycles. The van der Waals surface area contributed by atoms with E-state index in [4.69, 9.17) is 23.7 Å². The maximum atomic E-state index is 6.31. The molecule has 51 heavy (non-hydrogen) atoms. The van der Waals surface area contributed by atoms with E-state index >= 15 is 0 Å². The van der Waals surface area contributed by atoms with Gasteiger partial charge in [0.15, 0.2) is 0 Å². The SMILES string of the molecule is CCC(CCOCCC(CC)(OC)c1cccc(OCc2ccc3ccccc3c2)c1)(OC)c1cccc(OCc2ccc3ccccc3c2)c1. The first-order valence-corrected chi connectivity index (χ1v) is 18.1. The highest BCUT2D eigenvalue weighted by Gasteiger charge is 2.32. The Balaban J connectivity index is 1.04. The summed E-state index contributed by atoms with van der Waals surface area (Å²) in [5.74, 6) is 1.65. The van der Waals surface area contributed by atoms with E-state index in [1.165, 1.54) is 21.5 Å². The van der Waals surface area contributed by atoms with Crippen LogP contribution in [0.25, 0.3) is 21.5 Å². The van der Waals surface area contributed by atoms with Gasteiger partial charge in [0.1, 0.15) is 24.7 Å². The zero-order chi connectivity index (χ0) is 35.5. The Labute approximate surface area is 303 Å². The zero-order valence-corrected chi connectivity index (χ0v) is 30.4. The van der Waals surface area contributed by atoms with Gasteiger partial charge in [0, 0.05) is 40.3 Å². The molecule has 0 N–H and O–H groups in total. The van der Waals surface area contributed by atoms with Crippen molar-refractivity contribution in [3.8, 4) is 11.5 Å². The van der Waals surface area contributed by atoms with E-state index in [9.17, 15) is 0 Å². The summed E-state index contributed by atoms with van der Waals surface area (Å²) in [5, 5.41) is 4.89. The standard InChI is InChI=1S/C46H50O5/c1-5-45(47-3,41-17-11-19-43(31-41)50-33-35-21-23-37-13-7-9-15-39(37)29-35)25-27-49-28-26-46(6-2,48-4)42-18-12-20-44(32-42)51-34-36-22-24-38-14-8-10-16-40(38)30-36/h7-24,29-32H,5-6,25-28,33-34H2,1-4H3. The summed E-state index contributed by atoms with van der Waals surface area (Å²) in [7, 11) is 3.57. The second kappa shape index (κ2) is 17.0. The van der Waals surface area contributed by atoms with E-state index in [1.54, 1.807) is 14.2 Å². The number of hydrogen-bond acceptors (Lipinski definition) is 5. The number of fused-ring (bicyclic) bond motifs is 2. The molecular weight excluding hydrogens is 633 g/mol. The van der Waals surface area contributed by atoms with Crippen molar-refractivity contribution in [3.63, 3.8) is 0 Å². The molecule has 2 atom stereocenters. The molecule has 6 aromatic carbocycles. The van der Waals surface area contributed by atoms with Gasteiger partial charge in [0.25, 0.3) is 0 Å². The van der Waals surface area contributed by atoms with Gasteiger partial charge < -0.3 is 23.7 Å². The average Bonchev–Trinajstić information content (AvgIpc) is 3.19. The molecule has 0 radical (unpaired) electrons. The van der Waals surface area contributed by atoms with Crippen LogP contribution in [0.1, 0.15) is 61.8 Å². The van der Waals surface area contributed by atoms with Crippen LogP contribution in [0.15, 0.2) is 133 Å². The molecule has 5 heteroatoms. The highest BCUT2D eigenvalue weighted by Crippen LogP contribution is 2.37. The summed E-state index contributed by atoms with van der Waals surface area (Å²) in [4.78, 5) is 0. The summed E-state index contributed by atoms with van der Waals surface area (Å²) in [6, 6.07) is 46.3. The van der Waals surface area contributed by atoms with Gasteiger partial charge in [0.2, 0.25) is 0 Å². The Morgan fingerprint density at radius 2 is 0.882 bits per heavy atom. The number of benzene rings is 6. The van der Waals surface area contributed by atoms with Gasteiger partial charge in [-0.05, 0) is 93.0 Å². The lowest BCUT2D eigenvalue weighted by Gasteiger charge is -2.34. The van der Waals surface area contributed by atoms with Gasteiger partial charge >= 0.3 is 0 Å². The van der Waals surface area contributed by atoms with E-state index < -0.39 is 11.2 Å². The molecule has 0 saturated heterocycles. The van der Waals surface area contributed by atoms with Crippen molar-refractivity contribution in [3.05, 3.63) is 156 Å². The number of hydrogen-bond donors (Lipinski definition) is 0. The predicted octanol–water partition coefficient (Wildman–Crippen LogP) is 11.2. The summed E-state index contributed by atoms with van der Waals surface area (Å²) < 4.78 is 31.3. The first kappa shape index (κ1) is 36.1. The summed E-state index contributed by atoms with van der Waals surface area (Å²) in [6.07, 6.45) is 3.06. The molecule has 0 aromatic heterocycles. The molecule has 0 aliphatic rings. The van der Waals surface area contributed by atoms with Crippen LogP contribution in [0.4, 0.5) is 0 Å². The van der Waals surface area contributed by atoms with Crippen molar-refractivity contribution < 1.29 is 23.7 Å². The first-order chi connectivity index (χ1) is 25.0. The number of ether oxygens (including phenoxy) is 5. The highest BCUT2D eigenvalue weighted by atomic mass is 16.5. The Kier molecular flexibility index (Phi) is 12.1. The van der Waals surface area contributed by atoms with Gasteiger partial charge in [-0.15, -0.1) is 0 Å². The molecule has 5 nitrogen and oxygen atoms in total. The van der Waals surface area contributed by atoms with Crippen LogP contribution in [0.3, 0.4) is 0 Å². The fourth-order valence-corrected chi connectivity index (χ4v) is 7.08. The van der Waals surface area contributed by atoms with Crippen molar-refractivity contribution in [1.82, 2.24) is 0 Å². The predicted molar refractivity (Wildman–Crippen MR) is 207 cm³/mol. The quantitative estimate of drug-likeness (QED) is 0.0845. The average molecular weight is 683 g/mol.